The summed E-state index contributed by atoms with van der Waals surface area (Å²) in [6, 6.07) is 2.57. The van der Waals surface area contributed by atoms with Crippen LogP contribution >= 0.6 is 0 Å². The molecule has 1 atom stereocenters. The highest BCUT2D eigenvalue weighted by Crippen LogP contribution is 2.12. The van der Waals surface area contributed by atoms with Crippen LogP contribution in [0.5, 0.6) is 0 Å². The van der Waals surface area contributed by atoms with Gasteiger partial charge < -0.3 is 10.3 Å². The van der Waals surface area contributed by atoms with Crippen molar-refractivity contribution < 1.29 is 0 Å². The van der Waals surface area contributed by atoms with Gasteiger partial charge in [-0.3, -0.25) is 0 Å². The molecule has 0 amide bonds. The van der Waals surface area contributed by atoms with Crippen LogP contribution in [0.15, 0.2) is 18.3 Å². The SMILES string of the molecule is CNC(C)C/C=C/c1cnc2nc(C)[nH]c2c1. The molecular formula is C13H18N4. The Bertz CT molecular complexity index is 527. The molecule has 4 nitrogen and oxygen atoms in total. The zero-order chi connectivity index (χ0) is 12.3. The highest BCUT2D eigenvalue weighted by molar-refractivity contribution is 5.73. The maximum atomic E-state index is 4.31. The summed E-state index contributed by atoms with van der Waals surface area (Å²) in [5.41, 5.74) is 2.87. The average Bonchev–Trinajstić information content (AvgIpc) is 2.68. The molecule has 2 heterocycles. The lowest BCUT2D eigenvalue weighted by molar-refractivity contribution is 0.621. The third kappa shape index (κ3) is 2.91. The Morgan fingerprint density at radius 1 is 1.53 bits per heavy atom. The van der Waals surface area contributed by atoms with Gasteiger partial charge in [0.05, 0.1) is 5.52 Å². The summed E-state index contributed by atoms with van der Waals surface area (Å²) in [5, 5.41) is 3.20. The highest BCUT2D eigenvalue weighted by Gasteiger charge is 2.00. The number of aryl methyl sites for hydroxylation is 1. The van der Waals surface area contributed by atoms with Crippen molar-refractivity contribution in [3.8, 4) is 0 Å². The third-order valence-corrected chi connectivity index (χ3v) is 2.77. The topological polar surface area (TPSA) is 53.6 Å². The molecule has 2 N–H and O–H groups in total. The molecule has 90 valence electrons. The highest BCUT2D eigenvalue weighted by atomic mass is 15.0. The first-order valence-corrected chi connectivity index (χ1v) is 5.85. The molecule has 0 spiro atoms. The minimum absolute atomic E-state index is 0.498. The van der Waals surface area contributed by atoms with Crippen LogP contribution in [0.1, 0.15) is 24.7 Å². The molecule has 0 aromatic carbocycles. The standard InChI is InChI=1S/C13H18N4/c1-9(14-3)5-4-6-11-7-12-13(15-8-11)17-10(2)16-12/h4,6-9,14H,5H2,1-3H3,(H,15,16,17)/b6-4+. The minimum atomic E-state index is 0.498. The molecule has 0 aliphatic rings. The van der Waals surface area contributed by atoms with Crippen LogP contribution in [0.4, 0.5) is 0 Å². The van der Waals surface area contributed by atoms with Gasteiger partial charge in [-0.15, -0.1) is 0 Å². The van der Waals surface area contributed by atoms with Gasteiger partial charge in [0.15, 0.2) is 5.65 Å². The molecule has 0 fully saturated rings. The Kier molecular flexibility index (Phi) is 3.54. The van der Waals surface area contributed by atoms with E-state index in [4.69, 9.17) is 0 Å². The van der Waals surface area contributed by atoms with Crippen LogP contribution in [-0.4, -0.2) is 28.0 Å². The van der Waals surface area contributed by atoms with E-state index in [1.807, 2.05) is 20.2 Å². The number of aromatic nitrogens is 3. The smallest absolute Gasteiger partial charge is 0.177 e. The fourth-order valence-corrected chi connectivity index (χ4v) is 1.65. The molecule has 2 aromatic rings. The molecule has 17 heavy (non-hydrogen) atoms. The summed E-state index contributed by atoms with van der Waals surface area (Å²) in [6.45, 7) is 4.09. The van der Waals surface area contributed by atoms with Crippen molar-refractivity contribution in [2.45, 2.75) is 26.3 Å². The third-order valence-electron chi connectivity index (χ3n) is 2.77. The zero-order valence-electron chi connectivity index (χ0n) is 10.5. The van der Waals surface area contributed by atoms with Crippen LogP contribution in [0.3, 0.4) is 0 Å². The molecule has 4 heteroatoms. The van der Waals surface area contributed by atoms with E-state index in [9.17, 15) is 0 Å². The lowest BCUT2D eigenvalue weighted by Gasteiger charge is -2.04. The van der Waals surface area contributed by atoms with Crippen molar-refractivity contribution in [2.24, 2.45) is 0 Å². The van der Waals surface area contributed by atoms with Crippen LogP contribution in [0, 0.1) is 6.92 Å². The number of fused-ring (bicyclic) bond motifs is 1. The molecule has 2 aromatic heterocycles. The van der Waals surface area contributed by atoms with Gasteiger partial charge in [0.25, 0.3) is 0 Å². The van der Waals surface area contributed by atoms with Crippen LogP contribution in [0.25, 0.3) is 17.2 Å². The molecule has 0 radical (unpaired) electrons. The fraction of sp³-hybridized carbons (Fsp3) is 0.385. The number of pyridine rings is 1. The number of imidazole rings is 1. The van der Waals surface area contributed by atoms with Crippen molar-refractivity contribution in [2.75, 3.05) is 7.05 Å². The van der Waals surface area contributed by atoms with Gasteiger partial charge in [-0.1, -0.05) is 12.2 Å². The van der Waals surface area contributed by atoms with E-state index in [1.165, 1.54) is 0 Å². The predicted octanol–water partition coefficient (Wildman–Crippen LogP) is 2.28. The van der Waals surface area contributed by atoms with E-state index in [0.717, 1.165) is 29.0 Å². The van der Waals surface area contributed by atoms with Gasteiger partial charge in [0.1, 0.15) is 5.82 Å². The van der Waals surface area contributed by atoms with E-state index in [0.29, 0.717) is 6.04 Å². The van der Waals surface area contributed by atoms with Gasteiger partial charge in [0.2, 0.25) is 0 Å². The van der Waals surface area contributed by atoms with Crippen LogP contribution in [-0.2, 0) is 0 Å². The number of aromatic amines is 1. The van der Waals surface area contributed by atoms with E-state index < -0.39 is 0 Å². The molecule has 2 rings (SSSR count). The van der Waals surface area contributed by atoms with Crippen molar-refractivity contribution in [3.05, 3.63) is 29.7 Å². The Hall–Kier alpha value is -1.68. The Balaban J connectivity index is 2.13. The van der Waals surface area contributed by atoms with Gasteiger partial charge >= 0.3 is 0 Å². The molecular weight excluding hydrogens is 212 g/mol. The van der Waals surface area contributed by atoms with Gasteiger partial charge in [0, 0.05) is 12.2 Å². The summed E-state index contributed by atoms with van der Waals surface area (Å²) in [5.74, 6) is 0.900. The summed E-state index contributed by atoms with van der Waals surface area (Å²) in [7, 11) is 1.97. The number of hydrogen-bond acceptors (Lipinski definition) is 3. The van der Waals surface area contributed by atoms with Gasteiger partial charge in [-0.05, 0) is 38.9 Å². The van der Waals surface area contributed by atoms with Crippen molar-refractivity contribution in [1.82, 2.24) is 20.3 Å². The maximum absolute atomic E-state index is 4.31. The first kappa shape index (κ1) is 11.8. The predicted molar refractivity (Wildman–Crippen MR) is 70.8 cm³/mol. The molecule has 1 unspecified atom stereocenters. The number of nitrogens with one attached hydrogen (secondary N) is 2. The Morgan fingerprint density at radius 3 is 3.12 bits per heavy atom. The Morgan fingerprint density at radius 2 is 2.35 bits per heavy atom. The van der Waals surface area contributed by atoms with Crippen LogP contribution < -0.4 is 5.32 Å². The van der Waals surface area contributed by atoms with Crippen molar-refractivity contribution in [1.29, 1.82) is 0 Å². The first-order chi connectivity index (χ1) is 8.19. The average molecular weight is 230 g/mol. The molecule has 0 saturated heterocycles. The number of rotatable bonds is 4. The fourth-order valence-electron chi connectivity index (χ4n) is 1.65. The van der Waals surface area contributed by atoms with E-state index in [2.05, 4.69) is 45.4 Å². The molecule has 0 bridgehead atoms. The first-order valence-electron chi connectivity index (χ1n) is 5.85. The molecule has 0 aliphatic heterocycles. The van der Waals surface area contributed by atoms with E-state index in [-0.39, 0.29) is 0 Å². The lowest BCUT2D eigenvalue weighted by Crippen LogP contribution is -2.19. The summed E-state index contributed by atoms with van der Waals surface area (Å²) >= 11 is 0. The number of H-pyrrole nitrogens is 1. The number of hydrogen-bond donors (Lipinski definition) is 2. The second-order valence-corrected chi connectivity index (χ2v) is 4.29. The summed E-state index contributed by atoms with van der Waals surface area (Å²) < 4.78 is 0. The lowest BCUT2D eigenvalue weighted by atomic mass is 10.2. The second kappa shape index (κ2) is 5.10. The summed E-state index contributed by atoms with van der Waals surface area (Å²) in [6.07, 6.45) is 7.11. The second-order valence-electron chi connectivity index (χ2n) is 4.29. The van der Waals surface area contributed by atoms with Crippen molar-refractivity contribution >= 4 is 17.2 Å². The summed E-state index contributed by atoms with van der Waals surface area (Å²) in [4.78, 5) is 11.8. The zero-order valence-corrected chi connectivity index (χ0v) is 10.5. The van der Waals surface area contributed by atoms with E-state index in [1.54, 1.807) is 0 Å². The molecule has 0 saturated carbocycles. The largest absolute Gasteiger partial charge is 0.341 e. The minimum Gasteiger partial charge on any atom is -0.341 e. The van der Waals surface area contributed by atoms with E-state index >= 15 is 0 Å². The van der Waals surface area contributed by atoms with Crippen molar-refractivity contribution in [3.63, 3.8) is 0 Å². The normalized spacial score (nSPS) is 13.6. The quantitative estimate of drug-likeness (QED) is 0.847. The van der Waals surface area contributed by atoms with Gasteiger partial charge in [-0.2, -0.15) is 0 Å². The van der Waals surface area contributed by atoms with Gasteiger partial charge in [-0.25, -0.2) is 9.97 Å². The Labute approximate surface area is 101 Å². The van der Waals surface area contributed by atoms with Crippen LogP contribution in [0.2, 0.25) is 0 Å². The monoisotopic (exact) mass is 230 g/mol. The number of nitrogens with zero attached hydrogens (tertiary/aromatic N) is 2. The molecule has 0 aliphatic carbocycles. The maximum Gasteiger partial charge on any atom is 0.177 e.